The van der Waals surface area contributed by atoms with Crippen molar-refractivity contribution < 1.29 is 17.8 Å². The van der Waals surface area contributed by atoms with Crippen molar-refractivity contribution in [3.05, 3.63) is 81.0 Å². The summed E-state index contributed by atoms with van der Waals surface area (Å²) in [5, 5.41) is 14.5. The number of rotatable bonds is 6. The monoisotopic (exact) mass is 449 g/mol. The minimum absolute atomic E-state index is 0.0470. The molecule has 0 unspecified atom stereocenters. The summed E-state index contributed by atoms with van der Waals surface area (Å²) in [7, 11) is -3.76. The van der Waals surface area contributed by atoms with Crippen molar-refractivity contribution in [1.82, 2.24) is 4.83 Å². The molecular weight excluding hydrogens is 438 g/mol. The van der Waals surface area contributed by atoms with E-state index in [0.717, 1.165) is 0 Å². The molecule has 3 aromatic rings. The van der Waals surface area contributed by atoms with Crippen molar-refractivity contribution in [3.8, 4) is 11.3 Å². The van der Waals surface area contributed by atoms with Crippen LogP contribution in [0.4, 0.5) is 5.69 Å². The number of hydrogen-bond donors (Lipinski definition) is 1. The standard InChI is InChI=1S/C17H12BrN3O5S/c18-16-10-12(21(22)23)6-8-15(16)17-9-7-13(26-17)11-19-20-27(24,25)14-4-2-1-3-5-14/h1-11,20H/b19-11+. The Morgan fingerprint density at radius 3 is 2.52 bits per heavy atom. The van der Waals surface area contributed by atoms with E-state index in [-0.39, 0.29) is 10.6 Å². The third kappa shape index (κ3) is 4.41. The van der Waals surface area contributed by atoms with Crippen molar-refractivity contribution >= 4 is 37.9 Å². The summed E-state index contributed by atoms with van der Waals surface area (Å²) in [4.78, 5) is 12.5. The van der Waals surface area contributed by atoms with Crippen molar-refractivity contribution in [2.75, 3.05) is 0 Å². The van der Waals surface area contributed by atoms with Gasteiger partial charge in [-0.2, -0.15) is 18.4 Å². The largest absolute Gasteiger partial charge is 0.455 e. The van der Waals surface area contributed by atoms with Crippen LogP contribution >= 0.6 is 15.9 Å². The maximum Gasteiger partial charge on any atom is 0.276 e. The van der Waals surface area contributed by atoms with Crippen LogP contribution in [0.1, 0.15) is 5.76 Å². The van der Waals surface area contributed by atoms with Crippen LogP contribution in [0.5, 0.6) is 0 Å². The number of benzene rings is 2. The van der Waals surface area contributed by atoms with E-state index in [9.17, 15) is 18.5 Å². The van der Waals surface area contributed by atoms with Gasteiger partial charge in [-0.05, 0) is 46.3 Å². The summed E-state index contributed by atoms with van der Waals surface area (Å²) in [6.07, 6.45) is 1.23. The SMILES string of the molecule is O=[N+]([O-])c1ccc(-c2ccc(/C=N/NS(=O)(=O)c3ccccc3)o2)c(Br)c1. The lowest BCUT2D eigenvalue weighted by Gasteiger charge is -2.02. The van der Waals surface area contributed by atoms with Crippen LogP contribution < -0.4 is 4.83 Å². The number of sulfonamides is 1. The van der Waals surface area contributed by atoms with Gasteiger partial charge < -0.3 is 4.42 Å². The van der Waals surface area contributed by atoms with Gasteiger partial charge in [0, 0.05) is 22.2 Å². The van der Waals surface area contributed by atoms with Gasteiger partial charge >= 0.3 is 0 Å². The molecule has 2 aromatic carbocycles. The fourth-order valence-electron chi connectivity index (χ4n) is 2.20. The normalized spacial score (nSPS) is 11.6. The van der Waals surface area contributed by atoms with Gasteiger partial charge in [0.25, 0.3) is 15.7 Å². The maximum atomic E-state index is 12.1. The first kappa shape index (κ1) is 18.8. The summed E-state index contributed by atoms with van der Waals surface area (Å²) in [6.45, 7) is 0. The number of nitro benzene ring substituents is 1. The predicted octanol–water partition coefficient (Wildman–Crippen LogP) is 3.93. The molecule has 10 heteroatoms. The molecule has 0 aliphatic carbocycles. The molecule has 1 heterocycles. The topological polar surface area (TPSA) is 115 Å². The van der Waals surface area contributed by atoms with Crippen molar-refractivity contribution in [3.63, 3.8) is 0 Å². The van der Waals surface area contributed by atoms with Gasteiger partial charge in [-0.25, -0.2) is 0 Å². The zero-order valence-corrected chi connectivity index (χ0v) is 16.0. The third-order valence-corrected chi connectivity index (χ3v) is 5.37. The Balaban J connectivity index is 1.75. The summed E-state index contributed by atoms with van der Waals surface area (Å²) in [5.74, 6) is 0.759. The molecule has 0 aliphatic rings. The number of halogens is 1. The zero-order chi connectivity index (χ0) is 19.4. The number of nitro groups is 1. The summed E-state index contributed by atoms with van der Waals surface area (Å²) in [5.41, 5.74) is 0.569. The van der Waals surface area contributed by atoms with Crippen LogP contribution in [0, 0.1) is 10.1 Å². The molecule has 0 aliphatic heterocycles. The molecule has 0 bridgehead atoms. The van der Waals surface area contributed by atoms with Gasteiger partial charge in [0.1, 0.15) is 11.5 Å². The minimum Gasteiger partial charge on any atom is -0.455 e. The number of nitrogens with zero attached hydrogens (tertiary/aromatic N) is 2. The summed E-state index contributed by atoms with van der Waals surface area (Å²) >= 11 is 3.28. The molecule has 138 valence electrons. The number of nitrogens with one attached hydrogen (secondary N) is 1. The number of non-ortho nitro benzene ring substituents is 1. The average Bonchev–Trinajstić information content (AvgIpc) is 3.10. The number of hydrazone groups is 1. The Labute approximate surface area is 162 Å². The number of hydrogen-bond acceptors (Lipinski definition) is 6. The Morgan fingerprint density at radius 1 is 1.11 bits per heavy atom. The molecule has 27 heavy (non-hydrogen) atoms. The second-order valence-electron chi connectivity index (χ2n) is 5.29. The van der Waals surface area contributed by atoms with Crippen molar-refractivity contribution in [1.29, 1.82) is 0 Å². The van der Waals surface area contributed by atoms with Crippen LogP contribution in [-0.2, 0) is 10.0 Å². The Hall–Kier alpha value is -2.98. The molecule has 0 amide bonds. The molecule has 0 atom stereocenters. The van der Waals surface area contributed by atoms with Gasteiger partial charge in [-0.15, -0.1) is 0 Å². The molecule has 0 radical (unpaired) electrons. The van der Waals surface area contributed by atoms with Gasteiger partial charge in [0.2, 0.25) is 0 Å². The molecule has 3 rings (SSSR count). The Morgan fingerprint density at radius 2 is 1.85 bits per heavy atom. The highest BCUT2D eigenvalue weighted by molar-refractivity contribution is 9.10. The minimum atomic E-state index is -3.76. The number of furan rings is 1. The first-order valence-electron chi connectivity index (χ1n) is 7.51. The van der Waals surface area contributed by atoms with Gasteiger partial charge in [0.15, 0.2) is 0 Å². The van der Waals surface area contributed by atoms with Crippen LogP contribution in [0.25, 0.3) is 11.3 Å². The predicted molar refractivity (Wildman–Crippen MR) is 103 cm³/mol. The quantitative estimate of drug-likeness (QED) is 0.347. The molecule has 0 saturated carbocycles. The Kier molecular flexibility index (Phi) is 5.38. The first-order chi connectivity index (χ1) is 12.9. The zero-order valence-electron chi connectivity index (χ0n) is 13.6. The van der Waals surface area contributed by atoms with E-state index in [1.165, 1.54) is 30.5 Å². The molecule has 1 N–H and O–H groups in total. The average molecular weight is 450 g/mol. The van der Waals surface area contributed by atoms with E-state index in [4.69, 9.17) is 4.42 Å². The second-order valence-corrected chi connectivity index (χ2v) is 7.80. The lowest BCUT2D eigenvalue weighted by atomic mass is 10.1. The maximum absolute atomic E-state index is 12.1. The molecule has 1 aromatic heterocycles. The van der Waals surface area contributed by atoms with E-state index >= 15 is 0 Å². The lowest BCUT2D eigenvalue weighted by molar-refractivity contribution is -0.384. The summed E-state index contributed by atoms with van der Waals surface area (Å²) in [6, 6.07) is 15.4. The van der Waals surface area contributed by atoms with Crippen molar-refractivity contribution in [2.24, 2.45) is 5.10 Å². The second kappa shape index (κ2) is 7.72. The fraction of sp³-hybridized carbons (Fsp3) is 0. The van der Waals surface area contributed by atoms with E-state index in [1.807, 2.05) is 0 Å². The lowest BCUT2D eigenvalue weighted by Crippen LogP contribution is -2.18. The van der Waals surface area contributed by atoms with Crippen LogP contribution in [0.3, 0.4) is 0 Å². The van der Waals surface area contributed by atoms with Crippen LogP contribution in [0.15, 0.2) is 79.6 Å². The van der Waals surface area contributed by atoms with E-state index in [0.29, 0.717) is 21.6 Å². The first-order valence-corrected chi connectivity index (χ1v) is 9.78. The van der Waals surface area contributed by atoms with E-state index in [1.54, 1.807) is 36.4 Å². The van der Waals surface area contributed by atoms with Crippen molar-refractivity contribution in [2.45, 2.75) is 4.90 Å². The van der Waals surface area contributed by atoms with Crippen LogP contribution in [-0.4, -0.2) is 19.6 Å². The molecular formula is C17H12BrN3O5S. The molecule has 0 spiro atoms. The highest BCUT2D eigenvalue weighted by atomic mass is 79.9. The smallest absolute Gasteiger partial charge is 0.276 e. The van der Waals surface area contributed by atoms with Crippen LogP contribution in [0.2, 0.25) is 0 Å². The van der Waals surface area contributed by atoms with Gasteiger partial charge in [0.05, 0.1) is 16.0 Å². The van der Waals surface area contributed by atoms with E-state index in [2.05, 4.69) is 25.9 Å². The molecule has 0 saturated heterocycles. The molecule has 0 fully saturated rings. The molecule has 8 nitrogen and oxygen atoms in total. The van der Waals surface area contributed by atoms with Gasteiger partial charge in [-0.3, -0.25) is 10.1 Å². The third-order valence-electron chi connectivity index (χ3n) is 3.47. The summed E-state index contributed by atoms with van der Waals surface area (Å²) < 4.78 is 30.2. The van der Waals surface area contributed by atoms with E-state index < -0.39 is 14.9 Å². The Bertz CT molecular complexity index is 1110. The highest BCUT2D eigenvalue weighted by Gasteiger charge is 2.14. The highest BCUT2D eigenvalue weighted by Crippen LogP contribution is 2.32. The van der Waals surface area contributed by atoms with Gasteiger partial charge in [-0.1, -0.05) is 18.2 Å². The fourth-order valence-corrected chi connectivity index (χ4v) is 3.57.